The summed E-state index contributed by atoms with van der Waals surface area (Å²) in [5.74, 6) is 0.0421. The molecule has 1 fully saturated rings. The fourth-order valence-corrected chi connectivity index (χ4v) is 2.67. The predicted octanol–water partition coefficient (Wildman–Crippen LogP) is 3.25. The van der Waals surface area contributed by atoms with Crippen LogP contribution in [-0.2, 0) is 0 Å². The molecule has 3 nitrogen and oxygen atoms in total. The van der Waals surface area contributed by atoms with Gasteiger partial charge in [0.2, 0.25) is 0 Å². The van der Waals surface area contributed by atoms with Crippen LogP contribution in [0.4, 0.5) is 5.69 Å². The minimum atomic E-state index is 0.0421. The molecule has 0 bridgehead atoms. The fraction of sp³-hybridized carbons (Fsp3) is 0.500. The summed E-state index contributed by atoms with van der Waals surface area (Å²) in [6.07, 6.45) is 2.30. The summed E-state index contributed by atoms with van der Waals surface area (Å²) < 4.78 is 0. The molecule has 0 spiro atoms. The molecule has 0 atom stereocenters. The quantitative estimate of drug-likeness (QED) is 0.637. The van der Waals surface area contributed by atoms with Crippen LogP contribution >= 0.6 is 11.6 Å². The van der Waals surface area contributed by atoms with Crippen LogP contribution in [0.2, 0.25) is 5.02 Å². The topological polar surface area (TPSA) is 53.1 Å². The molecule has 98 valence electrons. The number of benzene rings is 1. The molecule has 1 aromatic carbocycles. The Morgan fingerprint density at radius 3 is 2.50 bits per heavy atom. The van der Waals surface area contributed by atoms with Gasteiger partial charge in [-0.15, -0.1) is 0 Å². The number of amidine groups is 1. The highest BCUT2D eigenvalue weighted by atomic mass is 35.5. The summed E-state index contributed by atoms with van der Waals surface area (Å²) in [7, 11) is 0. The van der Waals surface area contributed by atoms with Crippen LogP contribution < -0.4 is 10.6 Å². The third-order valence-corrected chi connectivity index (χ3v) is 4.03. The zero-order chi connectivity index (χ0) is 13.3. The van der Waals surface area contributed by atoms with E-state index in [1.54, 1.807) is 6.07 Å². The Morgan fingerprint density at radius 2 is 1.94 bits per heavy atom. The summed E-state index contributed by atoms with van der Waals surface area (Å²) in [5, 5.41) is 8.24. The molecule has 1 heterocycles. The van der Waals surface area contributed by atoms with Gasteiger partial charge >= 0.3 is 0 Å². The van der Waals surface area contributed by atoms with Gasteiger partial charge in [-0.25, -0.2) is 0 Å². The van der Waals surface area contributed by atoms with Crippen molar-refractivity contribution in [3.63, 3.8) is 0 Å². The average Bonchev–Trinajstić information content (AvgIpc) is 2.28. The molecule has 4 heteroatoms. The Bertz CT molecular complexity index is 458. The van der Waals surface area contributed by atoms with Gasteiger partial charge in [-0.1, -0.05) is 31.5 Å². The van der Waals surface area contributed by atoms with E-state index in [0.717, 1.165) is 31.6 Å². The first kappa shape index (κ1) is 13.2. The Labute approximate surface area is 113 Å². The van der Waals surface area contributed by atoms with Gasteiger partial charge in [-0.2, -0.15) is 0 Å². The number of piperidine rings is 1. The highest BCUT2D eigenvalue weighted by molar-refractivity contribution is 6.34. The van der Waals surface area contributed by atoms with Gasteiger partial charge in [-0.3, -0.25) is 5.41 Å². The van der Waals surface area contributed by atoms with Crippen LogP contribution in [0.3, 0.4) is 0 Å². The lowest BCUT2D eigenvalue weighted by atomic mass is 9.82. The molecule has 2 rings (SSSR count). The van der Waals surface area contributed by atoms with Crippen molar-refractivity contribution in [3.8, 4) is 0 Å². The van der Waals surface area contributed by atoms with E-state index >= 15 is 0 Å². The van der Waals surface area contributed by atoms with E-state index < -0.39 is 0 Å². The Morgan fingerprint density at radius 1 is 1.33 bits per heavy atom. The van der Waals surface area contributed by atoms with E-state index in [2.05, 4.69) is 18.7 Å². The average molecular weight is 266 g/mol. The summed E-state index contributed by atoms with van der Waals surface area (Å²) in [6.45, 7) is 6.59. The number of hydrogen-bond acceptors (Lipinski definition) is 2. The van der Waals surface area contributed by atoms with Crippen molar-refractivity contribution >= 4 is 23.1 Å². The predicted molar refractivity (Wildman–Crippen MR) is 77.7 cm³/mol. The Hall–Kier alpha value is -1.22. The largest absolute Gasteiger partial charge is 0.384 e. The van der Waals surface area contributed by atoms with E-state index in [1.165, 1.54) is 0 Å². The highest BCUT2D eigenvalue weighted by Crippen LogP contribution is 2.34. The lowest BCUT2D eigenvalue weighted by Gasteiger charge is -2.39. The van der Waals surface area contributed by atoms with Crippen LogP contribution in [0.25, 0.3) is 0 Å². The number of nitrogen functional groups attached to an aromatic ring is 1. The van der Waals surface area contributed by atoms with Gasteiger partial charge in [0.05, 0.1) is 10.6 Å². The fourth-order valence-electron chi connectivity index (χ4n) is 2.40. The maximum Gasteiger partial charge on any atom is 0.126 e. The lowest BCUT2D eigenvalue weighted by molar-refractivity contribution is 0.280. The molecule has 1 aliphatic heterocycles. The third-order valence-electron chi connectivity index (χ3n) is 3.72. The van der Waals surface area contributed by atoms with Gasteiger partial charge in [0, 0.05) is 18.8 Å². The number of nitrogens with zero attached hydrogens (tertiary/aromatic N) is 1. The molecule has 0 saturated carbocycles. The van der Waals surface area contributed by atoms with Crippen LogP contribution in [0, 0.1) is 10.8 Å². The van der Waals surface area contributed by atoms with Crippen molar-refractivity contribution < 1.29 is 0 Å². The molecule has 0 amide bonds. The van der Waals surface area contributed by atoms with Crippen LogP contribution in [0.15, 0.2) is 18.2 Å². The van der Waals surface area contributed by atoms with E-state index in [1.807, 2.05) is 12.1 Å². The van der Waals surface area contributed by atoms with Crippen molar-refractivity contribution in [2.45, 2.75) is 26.7 Å². The molecule has 0 unspecified atom stereocenters. The van der Waals surface area contributed by atoms with Crippen molar-refractivity contribution in [1.29, 1.82) is 5.41 Å². The van der Waals surface area contributed by atoms with Gasteiger partial charge in [0.1, 0.15) is 5.84 Å². The third kappa shape index (κ3) is 2.61. The Kier molecular flexibility index (Phi) is 3.53. The van der Waals surface area contributed by atoms with Crippen LogP contribution in [0.1, 0.15) is 32.3 Å². The van der Waals surface area contributed by atoms with Crippen LogP contribution in [0.5, 0.6) is 0 Å². The van der Waals surface area contributed by atoms with Gasteiger partial charge in [0.15, 0.2) is 0 Å². The number of hydrogen-bond donors (Lipinski definition) is 2. The second kappa shape index (κ2) is 4.81. The number of rotatable bonds is 2. The molecular formula is C14H20ClN3. The number of halogens is 1. The maximum atomic E-state index is 7.68. The summed E-state index contributed by atoms with van der Waals surface area (Å²) in [6, 6.07) is 5.71. The summed E-state index contributed by atoms with van der Waals surface area (Å²) >= 11 is 6.15. The van der Waals surface area contributed by atoms with Gasteiger partial charge in [-0.05, 0) is 30.4 Å². The first-order valence-electron chi connectivity index (χ1n) is 6.28. The first-order chi connectivity index (χ1) is 8.41. The van der Waals surface area contributed by atoms with E-state index in [4.69, 9.17) is 22.7 Å². The normalized spacial score (nSPS) is 18.7. The maximum absolute atomic E-state index is 7.68. The second-order valence-corrected chi connectivity index (χ2v) is 6.11. The summed E-state index contributed by atoms with van der Waals surface area (Å²) in [5.41, 5.74) is 7.71. The number of nitrogens with two attached hydrogens (primary N) is 1. The van der Waals surface area contributed by atoms with E-state index in [0.29, 0.717) is 16.0 Å². The molecular weight excluding hydrogens is 246 g/mol. The van der Waals surface area contributed by atoms with Crippen LogP contribution in [-0.4, -0.2) is 18.9 Å². The minimum Gasteiger partial charge on any atom is -0.384 e. The SMILES string of the molecule is CC1(C)CCN(c2cccc(Cl)c2C(=N)N)CC1. The monoisotopic (exact) mass is 265 g/mol. The van der Waals surface area contributed by atoms with Crippen molar-refractivity contribution in [2.75, 3.05) is 18.0 Å². The first-order valence-corrected chi connectivity index (χ1v) is 6.66. The molecule has 0 aromatic heterocycles. The smallest absolute Gasteiger partial charge is 0.126 e. The zero-order valence-electron chi connectivity index (χ0n) is 11.0. The molecule has 1 aliphatic rings. The molecule has 0 radical (unpaired) electrons. The standard InChI is InChI=1S/C14H20ClN3/c1-14(2)6-8-18(9-7-14)11-5-3-4-10(15)12(11)13(16)17/h3-5H,6-9H2,1-2H3,(H3,16,17). The molecule has 1 aromatic rings. The number of anilines is 1. The van der Waals surface area contributed by atoms with Crippen molar-refractivity contribution in [2.24, 2.45) is 11.1 Å². The zero-order valence-corrected chi connectivity index (χ0v) is 11.7. The molecule has 18 heavy (non-hydrogen) atoms. The van der Waals surface area contributed by atoms with E-state index in [9.17, 15) is 0 Å². The molecule has 1 saturated heterocycles. The molecule has 0 aliphatic carbocycles. The minimum absolute atomic E-state index is 0.0421. The van der Waals surface area contributed by atoms with Gasteiger partial charge in [0.25, 0.3) is 0 Å². The Balaban J connectivity index is 2.30. The number of nitrogens with one attached hydrogen (secondary N) is 1. The summed E-state index contributed by atoms with van der Waals surface area (Å²) in [4.78, 5) is 2.29. The van der Waals surface area contributed by atoms with Gasteiger partial charge < -0.3 is 10.6 Å². The van der Waals surface area contributed by atoms with E-state index in [-0.39, 0.29) is 5.84 Å². The molecule has 3 N–H and O–H groups in total. The van der Waals surface area contributed by atoms with Crippen molar-refractivity contribution in [1.82, 2.24) is 0 Å². The second-order valence-electron chi connectivity index (χ2n) is 5.70. The van der Waals surface area contributed by atoms with Crippen molar-refractivity contribution in [3.05, 3.63) is 28.8 Å². The highest BCUT2D eigenvalue weighted by Gasteiger charge is 2.27. The lowest BCUT2D eigenvalue weighted by Crippen LogP contribution is -2.38.